The molecule has 0 saturated carbocycles. The number of carbonyl (C=O) groups excluding carboxylic acids is 1. The van der Waals surface area contributed by atoms with Crippen LogP contribution in [0, 0.1) is 5.82 Å². The predicted molar refractivity (Wildman–Crippen MR) is 101 cm³/mol. The van der Waals surface area contributed by atoms with Gasteiger partial charge in [0, 0.05) is 26.7 Å². The molecular formula is C21H27FN2O2. The highest BCUT2D eigenvalue weighted by atomic mass is 19.1. The molecule has 0 radical (unpaired) electrons. The third-order valence-electron chi connectivity index (χ3n) is 4.39. The average Bonchev–Trinajstić information content (AvgIpc) is 3.23. The van der Waals surface area contributed by atoms with Gasteiger partial charge < -0.3 is 15.0 Å². The van der Waals surface area contributed by atoms with Gasteiger partial charge in [0.15, 0.2) is 0 Å². The van der Waals surface area contributed by atoms with Gasteiger partial charge in [0.1, 0.15) is 5.82 Å². The van der Waals surface area contributed by atoms with E-state index in [2.05, 4.69) is 23.5 Å². The maximum Gasteiger partial charge on any atom is 0.210 e. The van der Waals surface area contributed by atoms with E-state index >= 15 is 0 Å². The van der Waals surface area contributed by atoms with Crippen molar-refractivity contribution < 1.29 is 13.9 Å². The van der Waals surface area contributed by atoms with E-state index in [9.17, 15) is 9.18 Å². The van der Waals surface area contributed by atoms with Crippen molar-refractivity contribution in [3.63, 3.8) is 0 Å². The second-order valence-electron chi connectivity index (χ2n) is 6.24. The van der Waals surface area contributed by atoms with Gasteiger partial charge in [0.2, 0.25) is 6.41 Å². The number of amides is 1. The number of ether oxygens (including phenoxy) is 1. The quantitative estimate of drug-likeness (QED) is 0.839. The molecule has 0 spiro atoms. The number of methoxy groups -OCH3 is 1. The molecule has 4 rings (SSSR count). The van der Waals surface area contributed by atoms with Gasteiger partial charge in [-0.05, 0) is 42.6 Å². The minimum absolute atomic E-state index is 0.178. The second kappa shape index (κ2) is 11.4. The van der Waals surface area contributed by atoms with Crippen LogP contribution in [0.4, 0.5) is 4.39 Å². The summed E-state index contributed by atoms with van der Waals surface area (Å²) in [7, 11) is 1.76. The fourth-order valence-corrected chi connectivity index (χ4v) is 2.85. The van der Waals surface area contributed by atoms with E-state index < -0.39 is 0 Å². The topological polar surface area (TPSA) is 41.6 Å². The molecule has 26 heavy (non-hydrogen) atoms. The SMILES string of the molecule is COC1CCNC1.Fc1ccccc1.O=CN1CCc2ccccc2C1. The monoisotopic (exact) mass is 358 g/mol. The van der Waals surface area contributed by atoms with Gasteiger partial charge in [0.25, 0.3) is 0 Å². The molecule has 0 aromatic heterocycles. The number of nitrogens with one attached hydrogen (secondary N) is 1. The van der Waals surface area contributed by atoms with Crippen LogP contribution in [0.3, 0.4) is 0 Å². The maximum atomic E-state index is 11.9. The predicted octanol–water partition coefficient (Wildman–Crippen LogP) is 3.02. The first-order chi connectivity index (χ1) is 12.7. The minimum atomic E-state index is -0.178. The van der Waals surface area contributed by atoms with Gasteiger partial charge in [-0.15, -0.1) is 0 Å². The largest absolute Gasteiger partial charge is 0.380 e. The van der Waals surface area contributed by atoms with Gasteiger partial charge in [-0.25, -0.2) is 4.39 Å². The summed E-state index contributed by atoms with van der Waals surface area (Å²) < 4.78 is 17.0. The van der Waals surface area contributed by atoms with E-state index in [0.717, 1.165) is 39.0 Å². The molecule has 1 N–H and O–H groups in total. The number of halogens is 1. The number of fused-ring (bicyclic) bond motifs is 1. The smallest absolute Gasteiger partial charge is 0.210 e. The fraction of sp³-hybridized carbons (Fsp3) is 0.381. The van der Waals surface area contributed by atoms with Crippen LogP contribution in [0.15, 0.2) is 54.6 Å². The number of hydrogen-bond acceptors (Lipinski definition) is 3. The molecule has 5 heteroatoms. The minimum Gasteiger partial charge on any atom is -0.380 e. The lowest BCUT2D eigenvalue weighted by atomic mass is 10.0. The van der Waals surface area contributed by atoms with E-state index in [4.69, 9.17) is 4.74 Å². The van der Waals surface area contributed by atoms with Crippen LogP contribution in [0.25, 0.3) is 0 Å². The Morgan fingerprint density at radius 2 is 1.81 bits per heavy atom. The highest BCUT2D eigenvalue weighted by Gasteiger charge is 2.13. The first-order valence-corrected chi connectivity index (χ1v) is 8.93. The molecule has 140 valence electrons. The van der Waals surface area contributed by atoms with Crippen molar-refractivity contribution in [3.05, 3.63) is 71.5 Å². The summed E-state index contributed by atoms with van der Waals surface area (Å²) in [6, 6.07) is 16.2. The number of carbonyl (C=O) groups is 1. The van der Waals surface area contributed by atoms with Gasteiger partial charge in [-0.1, -0.05) is 42.5 Å². The first-order valence-electron chi connectivity index (χ1n) is 8.93. The highest BCUT2D eigenvalue weighted by Crippen LogP contribution is 2.16. The molecule has 1 unspecified atom stereocenters. The standard InChI is InChI=1S/C10H11NO.C6H5F.C5H11NO/c12-8-11-6-5-9-3-1-2-4-10(9)7-11;7-6-4-2-1-3-5-6;1-7-5-2-3-6-4-5/h1-4,8H,5-7H2;1-5H;5-6H,2-4H2,1H3. The Morgan fingerprint density at radius 1 is 1.12 bits per heavy atom. The third-order valence-corrected chi connectivity index (χ3v) is 4.39. The molecule has 1 saturated heterocycles. The Labute approximate surface area is 155 Å². The summed E-state index contributed by atoms with van der Waals surface area (Å²) in [5.74, 6) is -0.178. The Balaban J connectivity index is 0.000000150. The average molecular weight is 358 g/mol. The van der Waals surface area contributed by atoms with Crippen molar-refractivity contribution in [1.29, 1.82) is 0 Å². The van der Waals surface area contributed by atoms with Crippen LogP contribution in [0.1, 0.15) is 17.5 Å². The molecule has 0 bridgehead atoms. The summed E-state index contributed by atoms with van der Waals surface area (Å²) in [5, 5.41) is 3.20. The van der Waals surface area contributed by atoms with Crippen molar-refractivity contribution in [2.24, 2.45) is 0 Å². The normalized spacial score (nSPS) is 17.9. The maximum absolute atomic E-state index is 11.9. The van der Waals surface area contributed by atoms with Crippen LogP contribution in [-0.2, 0) is 22.5 Å². The van der Waals surface area contributed by atoms with Crippen LogP contribution < -0.4 is 5.32 Å². The van der Waals surface area contributed by atoms with E-state index in [1.54, 1.807) is 25.3 Å². The molecule has 0 aliphatic carbocycles. The lowest BCUT2D eigenvalue weighted by Crippen LogP contribution is -2.28. The summed E-state index contributed by atoms with van der Waals surface area (Å²) >= 11 is 0. The summed E-state index contributed by atoms with van der Waals surface area (Å²) in [6.45, 7) is 3.80. The Morgan fingerprint density at radius 3 is 2.31 bits per heavy atom. The highest BCUT2D eigenvalue weighted by molar-refractivity contribution is 5.49. The fourth-order valence-electron chi connectivity index (χ4n) is 2.85. The Hall–Kier alpha value is -2.24. The molecule has 2 aromatic carbocycles. The van der Waals surface area contributed by atoms with Crippen LogP contribution >= 0.6 is 0 Å². The second-order valence-corrected chi connectivity index (χ2v) is 6.24. The lowest BCUT2D eigenvalue weighted by molar-refractivity contribution is -0.118. The van der Waals surface area contributed by atoms with Crippen molar-refractivity contribution in [1.82, 2.24) is 10.2 Å². The summed E-state index contributed by atoms with van der Waals surface area (Å²) in [6.07, 6.45) is 3.58. The number of hydrogen-bond donors (Lipinski definition) is 1. The van der Waals surface area contributed by atoms with E-state index in [1.165, 1.54) is 29.7 Å². The Bertz CT molecular complexity index is 645. The number of rotatable bonds is 2. The molecule has 2 aromatic rings. The zero-order chi connectivity index (χ0) is 18.6. The van der Waals surface area contributed by atoms with Crippen molar-refractivity contribution >= 4 is 6.41 Å². The van der Waals surface area contributed by atoms with Gasteiger partial charge in [-0.3, -0.25) is 4.79 Å². The first kappa shape index (κ1) is 20.1. The number of benzene rings is 2. The summed E-state index contributed by atoms with van der Waals surface area (Å²) in [5.41, 5.74) is 2.67. The number of nitrogens with zero attached hydrogens (tertiary/aromatic N) is 1. The molecule has 2 heterocycles. The van der Waals surface area contributed by atoms with Crippen molar-refractivity contribution in [2.75, 3.05) is 26.7 Å². The molecule has 2 aliphatic rings. The van der Waals surface area contributed by atoms with Gasteiger partial charge in [0.05, 0.1) is 6.10 Å². The molecule has 1 atom stereocenters. The van der Waals surface area contributed by atoms with Crippen LogP contribution in [0.5, 0.6) is 0 Å². The third kappa shape index (κ3) is 6.94. The summed E-state index contributed by atoms with van der Waals surface area (Å²) in [4.78, 5) is 12.3. The van der Waals surface area contributed by atoms with E-state index in [1.807, 2.05) is 11.0 Å². The van der Waals surface area contributed by atoms with E-state index in [0.29, 0.717) is 6.10 Å². The molecule has 1 fully saturated rings. The van der Waals surface area contributed by atoms with E-state index in [-0.39, 0.29) is 5.82 Å². The zero-order valence-corrected chi connectivity index (χ0v) is 15.2. The van der Waals surface area contributed by atoms with Gasteiger partial charge in [-0.2, -0.15) is 0 Å². The van der Waals surface area contributed by atoms with Crippen LogP contribution in [-0.4, -0.2) is 44.2 Å². The molecule has 2 aliphatic heterocycles. The van der Waals surface area contributed by atoms with Crippen molar-refractivity contribution in [2.45, 2.75) is 25.5 Å². The van der Waals surface area contributed by atoms with Crippen molar-refractivity contribution in [3.8, 4) is 0 Å². The van der Waals surface area contributed by atoms with Crippen LogP contribution in [0.2, 0.25) is 0 Å². The zero-order valence-electron chi connectivity index (χ0n) is 15.2. The molecule has 4 nitrogen and oxygen atoms in total. The lowest BCUT2D eigenvalue weighted by Gasteiger charge is -2.24. The van der Waals surface area contributed by atoms with Gasteiger partial charge >= 0.3 is 0 Å². The Kier molecular flexibility index (Phi) is 8.79. The molecular weight excluding hydrogens is 331 g/mol. The molecule has 1 amide bonds.